The third-order valence-electron chi connectivity index (χ3n) is 4.43. The molecule has 1 aliphatic heterocycles. The van der Waals surface area contributed by atoms with Crippen LogP contribution in [0.2, 0.25) is 0 Å². The fraction of sp³-hybridized carbons (Fsp3) is 0.588. The summed E-state index contributed by atoms with van der Waals surface area (Å²) in [6.45, 7) is 2.41. The van der Waals surface area contributed by atoms with Gasteiger partial charge in [0.05, 0.1) is 12.1 Å². The molecule has 5 nitrogen and oxygen atoms in total. The first-order valence-electron chi connectivity index (χ1n) is 8.16. The van der Waals surface area contributed by atoms with E-state index in [2.05, 4.69) is 5.32 Å². The van der Waals surface area contributed by atoms with Crippen LogP contribution in [0.5, 0.6) is 0 Å². The second-order valence-corrected chi connectivity index (χ2v) is 6.00. The molecule has 134 valence electrons. The van der Waals surface area contributed by atoms with Gasteiger partial charge in [0.1, 0.15) is 6.10 Å². The standard InChI is InChI=1S/C17H24F2N2O3/c1-2-20-13(22)10-12-15(23)16(24)14(17(18)19)21(12)9-8-11-6-4-3-5-7-11/h3-7,12,14-17,23-24H,2,8-10H2,1H3,(H,20,22). The molecule has 3 N–H and O–H groups in total. The topological polar surface area (TPSA) is 72.8 Å². The average Bonchev–Trinajstić information content (AvgIpc) is 2.78. The van der Waals surface area contributed by atoms with Gasteiger partial charge < -0.3 is 15.5 Å². The summed E-state index contributed by atoms with van der Waals surface area (Å²) in [7, 11) is 0. The molecule has 4 unspecified atom stereocenters. The van der Waals surface area contributed by atoms with Gasteiger partial charge in [0.15, 0.2) is 0 Å². The summed E-state index contributed by atoms with van der Waals surface area (Å²) < 4.78 is 26.8. The van der Waals surface area contributed by atoms with E-state index in [-0.39, 0.29) is 18.9 Å². The Balaban J connectivity index is 2.13. The molecule has 1 amide bonds. The van der Waals surface area contributed by atoms with Gasteiger partial charge in [-0.1, -0.05) is 30.3 Å². The van der Waals surface area contributed by atoms with Crippen molar-refractivity contribution in [1.82, 2.24) is 10.2 Å². The number of nitrogens with zero attached hydrogens (tertiary/aromatic N) is 1. The lowest BCUT2D eigenvalue weighted by Crippen LogP contribution is -2.46. The van der Waals surface area contributed by atoms with Crippen LogP contribution in [0.25, 0.3) is 0 Å². The SMILES string of the molecule is CCNC(=O)CC1C(O)C(O)C(C(F)F)N1CCc1ccccc1. The maximum absolute atomic E-state index is 13.4. The Kier molecular flexibility index (Phi) is 6.65. The highest BCUT2D eigenvalue weighted by molar-refractivity contribution is 5.76. The van der Waals surface area contributed by atoms with Gasteiger partial charge in [0.25, 0.3) is 6.43 Å². The molecule has 1 aliphatic rings. The molecule has 1 aromatic rings. The van der Waals surface area contributed by atoms with Crippen molar-refractivity contribution in [3.63, 3.8) is 0 Å². The largest absolute Gasteiger partial charge is 0.389 e. The van der Waals surface area contributed by atoms with Crippen LogP contribution in [0.3, 0.4) is 0 Å². The van der Waals surface area contributed by atoms with Crippen molar-refractivity contribution >= 4 is 5.91 Å². The zero-order valence-electron chi connectivity index (χ0n) is 13.6. The van der Waals surface area contributed by atoms with Gasteiger partial charge in [0.2, 0.25) is 5.91 Å². The Morgan fingerprint density at radius 3 is 2.50 bits per heavy atom. The number of nitrogens with one attached hydrogen (secondary N) is 1. The molecule has 7 heteroatoms. The summed E-state index contributed by atoms with van der Waals surface area (Å²) in [5.41, 5.74) is 0.971. The third kappa shape index (κ3) is 4.28. The van der Waals surface area contributed by atoms with Crippen molar-refractivity contribution in [2.45, 2.75) is 50.5 Å². The molecule has 1 heterocycles. The van der Waals surface area contributed by atoms with Gasteiger partial charge in [-0.3, -0.25) is 9.69 Å². The molecule has 0 spiro atoms. The predicted molar refractivity (Wildman–Crippen MR) is 85.7 cm³/mol. The van der Waals surface area contributed by atoms with Gasteiger partial charge in [-0.2, -0.15) is 0 Å². The molecule has 1 saturated heterocycles. The Morgan fingerprint density at radius 2 is 1.92 bits per heavy atom. The van der Waals surface area contributed by atoms with Crippen molar-refractivity contribution in [3.8, 4) is 0 Å². The number of alkyl halides is 2. The Hall–Kier alpha value is -1.57. The number of amides is 1. The van der Waals surface area contributed by atoms with E-state index in [0.717, 1.165) is 5.56 Å². The number of carbonyl (C=O) groups is 1. The van der Waals surface area contributed by atoms with Crippen molar-refractivity contribution in [3.05, 3.63) is 35.9 Å². The summed E-state index contributed by atoms with van der Waals surface area (Å²) in [6.07, 6.45) is -5.37. The molecule has 4 atom stereocenters. The van der Waals surface area contributed by atoms with Gasteiger partial charge >= 0.3 is 0 Å². The number of halogens is 2. The van der Waals surface area contributed by atoms with E-state index in [1.54, 1.807) is 6.92 Å². The van der Waals surface area contributed by atoms with Gasteiger partial charge in [0, 0.05) is 25.6 Å². The normalized spacial score (nSPS) is 27.6. The van der Waals surface area contributed by atoms with Crippen LogP contribution in [0.15, 0.2) is 30.3 Å². The fourth-order valence-corrected chi connectivity index (χ4v) is 3.25. The summed E-state index contributed by atoms with van der Waals surface area (Å²) in [6, 6.07) is 7.07. The van der Waals surface area contributed by atoms with E-state index in [1.807, 2.05) is 30.3 Å². The minimum atomic E-state index is -2.80. The van der Waals surface area contributed by atoms with E-state index < -0.39 is 30.7 Å². The van der Waals surface area contributed by atoms with Crippen LogP contribution in [0, 0.1) is 0 Å². The fourth-order valence-electron chi connectivity index (χ4n) is 3.25. The zero-order chi connectivity index (χ0) is 17.7. The van der Waals surface area contributed by atoms with Crippen molar-refractivity contribution in [1.29, 1.82) is 0 Å². The minimum Gasteiger partial charge on any atom is -0.389 e. The quantitative estimate of drug-likeness (QED) is 0.685. The van der Waals surface area contributed by atoms with E-state index >= 15 is 0 Å². The minimum absolute atomic E-state index is 0.121. The number of hydrogen-bond acceptors (Lipinski definition) is 4. The summed E-state index contributed by atoms with van der Waals surface area (Å²) in [5, 5.41) is 22.8. The van der Waals surface area contributed by atoms with Crippen molar-refractivity contribution in [2.24, 2.45) is 0 Å². The zero-order valence-corrected chi connectivity index (χ0v) is 13.6. The Bertz CT molecular complexity index is 530. The van der Waals surface area contributed by atoms with E-state index in [1.165, 1.54) is 4.90 Å². The molecular formula is C17H24F2N2O3. The van der Waals surface area contributed by atoms with Gasteiger partial charge in [-0.15, -0.1) is 0 Å². The van der Waals surface area contributed by atoms with E-state index in [4.69, 9.17) is 0 Å². The molecule has 0 aliphatic carbocycles. The second kappa shape index (κ2) is 8.50. The lowest BCUT2D eigenvalue weighted by atomic mass is 10.1. The predicted octanol–water partition coefficient (Wildman–Crippen LogP) is 0.795. The number of carbonyl (C=O) groups excluding carboxylic acids is 1. The van der Waals surface area contributed by atoms with Crippen LogP contribution in [-0.2, 0) is 11.2 Å². The number of rotatable bonds is 7. The molecule has 0 saturated carbocycles. The number of benzene rings is 1. The summed E-state index contributed by atoms with van der Waals surface area (Å²) >= 11 is 0. The molecular weight excluding hydrogens is 318 g/mol. The molecule has 0 bridgehead atoms. The smallest absolute Gasteiger partial charge is 0.256 e. The second-order valence-electron chi connectivity index (χ2n) is 6.00. The van der Waals surface area contributed by atoms with Crippen LogP contribution in [0.1, 0.15) is 18.9 Å². The van der Waals surface area contributed by atoms with Crippen LogP contribution >= 0.6 is 0 Å². The number of likely N-dealkylation sites (tertiary alicyclic amines) is 1. The molecule has 0 aromatic heterocycles. The molecule has 0 radical (unpaired) electrons. The third-order valence-corrected chi connectivity index (χ3v) is 4.43. The number of aliphatic hydroxyl groups is 2. The lowest BCUT2D eigenvalue weighted by molar-refractivity contribution is -0.123. The van der Waals surface area contributed by atoms with Crippen molar-refractivity contribution in [2.75, 3.05) is 13.1 Å². The van der Waals surface area contributed by atoms with E-state index in [9.17, 15) is 23.8 Å². The first-order chi connectivity index (χ1) is 11.5. The number of aliphatic hydroxyl groups excluding tert-OH is 2. The molecule has 1 aromatic carbocycles. The summed E-state index contributed by atoms with van der Waals surface area (Å²) in [4.78, 5) is 13.2. The highest BCUT2D eigenvalue weighted by Crippen LogP contribution is 2.31. The molecule has 2 rings (SSSR count). The van der Waals surface area contributed by atoms with Crippen LogP contribution in [-0.4, -0.2) is 64.8 Å². The highest BCUT2D eigenvalue weighted by atomic mass is 19.3. The number of hydrogen-bond donors (Lipinski definition) is 3. The molecule has 24 heavy (non-hydrogen) atoms. The van der Waals surface area contributed by atoms with E-state index in [0.29, 0.717) is 13.0 Å². The Labute approximate surface area is 140 Å². The molecule has 1 fully saturated rings. The maximum atomic E-state index is 13.4. The highest BCUT2D eigenvalue weighted by Gasteiger charge is 2.51. The monoisotopic (exact) mass is 342 g/mol. The maximum Gasteiger partial charge on any atom is 0.256 e. The average molecular weight is 342 g/mol. The first-order valence-corrected chi connectivity index (χ1v) is 8.16. The summed E-state index contributed by atoms with van der Waals surface area (Å²) in [5.74, 6) is -0.326. The van der Waals surface area contributed by atoms with Crippen LogP contribution < -0.4 is 5.32 Å². The Morgan fingerprint density at radius 1 is 1.25 bits per heavy atom. The van der Waals surface area contributed by atoms with Crippen LogP contribution in [0.4, 0.5) is 8.78 Å². The van der Waals surface area contributed by atoms with Gasteiger partial charge in [-0.25, -0.2) is 8.78 Å². The van der Waals surface area contributed by atoms with Gasteiger partial charge in [-0.05, 0) is 18.9 Å². The first kappa shape index (κ1) is 18.8. The lowest BCUT2D eigenvalue weighted by Gasteiger charge is -2.29. The van der Waals surface area contributed by atoms with Crippen molar-refractivity contribution < 1.29 is 23.8 Å².